The van der Waals surface area contributed by atoms with Crippen LogP contribution < -0.4 is 20.1 Å². The molecule has 35 heavy (non-hydrogen) atoms. The summed E-state index contributed by atoms with van der Waals surface area (Å²) in [4.78, 5) is 21.0. The normalized spacial score (nSPS) is 12.7. The van der Waals surface area contributed by atoms with Gasteiger partial charge in [-0.15, -0.1) is 0 Å². The lowest BCUT2D eigenvalue weighted by atomic mass is 9.88. The standard InChI is InChI=1S/C27H35FN4O3/c1-6-7-13-27(3,14-12-18(2)33)32-25-22-11-9-20(28)15-23(22)30-26(31-25)29-17-19-8-10-21(34-4)16-24(19)35-5/h8-11,15-16H,6-7,12-14,17H2,1-5H3,(H2,29,30,31,32)/t27-/m1/s1. The largest absolute Gasteiger partial charge is 0.497 e. The molecule has 0 radical (unpaired) electrons. The quantitative estimate of drug-likeness (QED) is 0.303. The molecule has 0 fully saturated rings. The van der Waals surface area contributed by atoms with Crippen LogP contribution in [0.5, 0.6) is 11.5 Å². The third-order valence-electron chi connectivity index (χ3n) is 6.12. The van der Waals surface area contributed by atoms with E-state index in [9.17, 15) is 9.18 Å². The maximum absolute atomic E-state index is 14.1. The van der Waals surface area contributed by atoms with Crippen LogP contribution in [0.25, 0.3) is 10.9 Å². The summed E-state index contributed by atoms with van der Waals surface area (Å²) in [6.45, 7) is 6.27. The molecule has 0 bridgehead atoms. The topological polar surface area (TPSA) is 85.4 Å². The predicted octanol–water partition coefficient (Wildman–Crippen LogP) is 6.13. The molecule has 3 aromatic rings. The van der Waals surface area contributed by atoms with E-state index in [2.05, 4.69) is 29.5 Å². The predicted molar refractivity (Wildman–Crippen MR) is 138 cm³/mol. The van der Waals surface area contributed by atoms with Crippen LogP contribution >= 0.6 is 0 Å². The second kappa shape index (κ2) is 11.8. The Labute approximate surface area is 206 Å². The van der Waals surface area contributed by atoms with E-state index in [1.165, 1.54) is 12.1 Å². The number of hydrogen-bond acceptors (Lipinski definition) is 7. The lowest BCUT2D eigenvalue weighted by Gasteiger charge is -2.32. The van der Waals surface area contributed by atoms with Gasteiger partial charge < -0.3 is 24.9 Å². The fourth-order valence-corrected chi connectivity index (χ4v) is 4.00. The monoisotopic (exact) mass is 482 g/mol. The molecule has 7 nitrogen and oxygen atoms in total. The van der Waals surface area contributed by atoms with Gasteiger partial charge in [0.05, 0.1) is 19.7 Å². The van der Waals surface area contributed by atoms with Crippen molar-refractivity contribution in [3.05, 3.63) is 47.8 Å². The van der Waals surface area contributed by atoms with Crippen molar-refractivity contribution in [2.24, 2.45) is 0 Å². The van der Waals surface area contributed by atoms with E-state index in [1.807, 2.05) is 18.2 Å². The zero-order valence-electron chi connectivity index (χ0n) is 21.2. The average molecular weight is 483 g/mol. The molecule has 0 aliphatic carbocycles. The second-order valence-corrected chi connectivity index (χ2v) is 9.08. The highest BCUT2D eigenvalue weighted by Crippen LogP contribution is 2.31. The molecule has 2 aromatic carbocycles. The third-order valence-corrected chi connectivity index (χ3v) is 6.12. The number of aromatic nitrogens is 2. The van der Waals surface area contributed by atoms with Crippen LogP contribution in [0.1, 0.15) is 58.4 Å². The third kappa shape index (κ3) is 7.04. The van der Waals surface area contributed by atoms with Gasteiger partial charge in [-0.2, -0.15) is 4.98 Å². The number of benzene rings is 2. The van der Waals surface area contributed by atoms with Crippen molar-refractivity contribution in [3.63, 3.8) is 0 Å². The molecule has 0 saturated carbocycles. The molecule has 0 unspecified atom stereocenters. The number of halogens is 1. The number of unbranched alkanes of at least 4 members (excludes halogenated alkanes) is 1. The van der Waals surface area contributed by atoms with E-state index >= 15 is 0 Å². The molecule has 1 heterocycles. The van der Waals surface area contributed by atoms with Crippen LogP contribution in [-0.2, 0) is 11.3 Å². The lowest BCUT2D eigenvalue weighted by Crippen LogP contribution is -2.36. The summed E-state index contributed by atoms with van der Waals surface area (Å²) < 4.78 is 24.8. The SMILES string of the molecule is CCCC[C@](C)(CCC(C)=O)Nc1nc(NCc2ccc(OC)cc2OC)nc2cc(F)ccc12. The Kier molecular flexibility index (Phi) is 8.84. The number of rotatable bonds is 13. The van der Waals surface area contributed by atoms with E-state index < -0.39 is 0 Å². The number of ketones is 1. The van der Waals surface area contributed by atoms with Crippen molar-refractivity contribution < 1.29 is 18.7 Å². The molecular formula is C27H35FN4O3. The molecule has 188 valence electrons. The average Bonchev–Trinajstić information content (AvgIpc) is 2.84. The molecule has 0 aliphatic rings. The summed E-state index contributed by atoms with van der Waals surface area (Å²) >= 11 is 0. The minimum Gasteiger partial charge on any atom is -0.497 e. The lowest BCUT2D eigenvalue weighted by molar-refractivity contribution is -0.117. The van der Waals surface area contributed by atoms with Gasteiger partial charge >= 0.3 is 0 Å². The van der Waals surface area contributed by atoms with Gasteiger partial charge in [0.2, 0.25) is 5.95 Å². The smallest absolute Gasteiger partial charge is 0.225 e. The van der Waals surface area contributed by atoms with Crippen LogP contribution in [-0.4, -0.2) is 35.5 Å². The van der Waals surface area contributed by atoms with Crippen molar-refractivity contribution >= 4 is 28.5 Å². The number of carbonyl (C=O) groups is 1. The highest BCUT2D eigenvalue weighted by Gasteiger charge is 2.26. The zero-order chi connectivity index (χ0) is 25.4. The molecule has 0 amide bonds. The van der Waals surface area contributed by atoms with Gasteiger partial charge in [0.1, 0.15) is 28.9 Å². The Hall–Kier alpha value is -3.42. The van der Waals surface area contributed by atoms with Crippen LogP contribution in [0.15, 0.2) is 36.4 Å². The molecular weight excluding hydrogens is 447 g/mol. The first-order chi connectivity index (χ1) is 16.8. The fraction of sp³-hybridized carbons (Fsp3) is 0.444. The van der Waals surface area contributed by atoms with Crippen molar-refractivity contribution in [3.8, 4) is 11.5 Å². The molecule has 1 aromatic heterocycles. The maximum Gasteiger partial charge on any atom is 0.225 e. The molecule has 3 rings (SSSR count). The van der Waals surface area contributed by atoms with E-state index in [-0.39, 0.29) is 17.1 Å². The number of ether oxygens (including phenoxy) is 2. The summed E-state index contributed by atoms with van der Waals surface area (Å²) in [5.74, 6) is 2.15. The summed E-state index contributed by atoms with van der Waals surface area (Å²) in [5.41, 5.74) is 1.06. The van der Waals surface area contributed by atoms with Gasteiger partial charge in [-0.3, -0.25) is 0 Å². The summed E-state index contributed by atoms with van der Waals surface area (Å²) in [6, 6.07) is 10.1. The van der Waals surface area contributed by atoms with Crippen LogP contribution in [0.4, 0.5) is 16.2 Å². The zero-order valence-corrected chi connectivity index (χ0v) is 21.2. The van der Waals surface area contributed by atoms with Crippen molar-refractivity contribution in [1.29, 1.82) is 0 Å². The van der Waals surface area contributed by atoms with Crippen LogP contribution in [0, 0.1) is 5.82 Å². The van der Waals surface area contributed by atoms with Crippen molar-refractivity contribution in [2.45, 2.75) is 65.0 Å². The Morgan fingerprint density at radius 1 is 1.09 bits per heavy atom. The van der Waals surface area contributed by atoms with E-state index in [4.69, 9.17) is 14.5 Å². The number of nitrogens with one attached hydrogen (secondary N) is 2. The van der Waals surface area contributed by atoms with E-state index in [0.717, 1.165) is 30.2 Å². The minimum absolute atomic E-state index is 0.153. The van der Waals surface area contributed by atoms with E-state index in [0.29, 0.717) is 48.2 Å². The maximum atomic E-state index is 14.1. The second-order valence-electron chi connectivity index (χ2n) is 9.08. The Morgan fingerprint density at radius 3 is 2.57 bits per heavy atom. The Balaban J connectivity index is 1.94. The van der Waals surface area contributed by atoms with Gasteiger partial charge in [0.25, 0.3) is 0 Å². The molecule has 1 atom stereocenters. The summed E-state index contributed by atoms with van der Waals surface area (Å²) in [7, 11) is 3.21. The van der Waals surface area contributed by atoms with Crippen molar-refractivity contribution in [2.75, 3.05) is 24.9 Å². The first-order valence-electron chi connectivity index (χ1n) is 12.0. The van der Waals surface area contributed by atoms with Crippen LogP contribution in [0.3, 0.4) is 0 Å². The number of Topliss-reactive ketones (excluding diaryl/α,β-unsaturated/α-hetero) is 1. The first-order valence-corrected chi connectivity index (χ1v) is 12.0. The molecule has 0 saturated heterocycles. The van der Waals surface area contributed by atoms with Gasteiger partial charge in [-0.25, -0.2) is 9.37 Å². The Morgan fingerprint density at radius 2 is 1.89 bits per heavy atom. The van der Waals surface area contributed by atoms with Crippen LogP contribution in [0.2, 0.25) is 0 Å². The fourth-order valence-electron chi connectivity index (χ4n) is 4.00. The minimum atomic E-state index is -0.366. The molecule has 8 heteroatoms. The Bertz CT molecular complexity index is 1170. The molecule has 0 aliphatic heterocycles. The number of nitrogens with zero attached hydrogens (tertiary/aromatic N) is 2. The van der Waals surface area contributed by atoms with Gasteiger partial charge in [0.15, 0.2) is 0 Å². The molecule has 0 spiro atoms. The van der Waals surface area contributed by atoms with Gasteiger partial charge in [0, 0.05) is 41.6 Å². The number of hydrogen-bond donors (Lipinski definition) is 2. The summed E-state index contributed by atoms with van der Waals surface area (Å²) in [5, 5.41) is 7.55. The van der Waals surface area contributed by atoms with Crippen molar-refractivity contribution in [1.82, 2.24) is 9.97 Å². The first kappa shape index (κ1) is 26.2. The number of fused-ring (bicyclic) bond motifs is 1. The molecule has 2 N–H and O–H groups in total. The number of carbonyl (C=O) groups excluding carboxylic acids is 1. The van der Waals surface area contributed by atoms with E-state index in [1.54, 1.807) is 27.2 Å². The number of anilines is 2. The van der Waals surface area contributed by atoms with Gasteiger partial charge in [-0.1, -0.05) is 19.8 Å². The summed E-state index contributed by atoms with van der Waals surface area (Å²) in [6.07, 6.45) is 4.11. The number of methoxy groups -OCH3 is 2. The highest BCUT2D eigenvalue weighted by molar-refractivity contribution is 5.90. The van der Waals surface area contributed by atoms with Gasteiger partial charge in [-0.05, 0) is 51.0 Å². The highest BCUT2D eigenvalue weighted by atomic mass is 19.1.